The van der Waals surface area contributed by atoms with Crippen molar-refractivity contribution in [3.05, 3.63) is 23.8 Å². The summed E-state index contributed by atoms with van der Waals surface area (Å²) in [7, 11) is 1.45. The Labute approximate surface area is 120 Å². The quantitative estimate of drug-likeness (QED) is 0.565. The average molecular weight is 301 g/mol. The molecule has 0 radical (unpaired) electrons. The topological polar surface area (TPSA) is 87.8 Å². The van der Waals surface area contributed by atoms with E-state index in [1.807, 2.05) is 0 Å². The molecule has 2 amide bonds. The molecule has 0 aromatic heterocycles. The molecule has 0 spiro atoms. The monoisotopic (exact) mass is 301 g/mol. The Morgan fingerprint density at radius 3 is 2.81 bits per heavy atom. The Balaban J connectivity index is 2.26. The van der Waals surface area contributed by atoms with Gasteiger partial charge in [0.1, 0.15) is 11.8 Å². The van der Waals surface area contributed by atoms with Gasteiger partial charge in [-0.25, -0.2) is 13.6 Å². The van der Waals surface area contributed by atoms with Crippen LogP contribution in [0.2, 0.25) is 0 Å². The second kappa shape index (κ2) is 6.13. The molecule has 1 aromatic carbocycles. The molecule has 0 saturated carbocycles. The molecule has 0 aliphatic carbocycles. The van der Waals surface area contributed by atoms with Crippen molar-refractivity contribution in [1.82, 2.24) is 10.2 Å². The normalized spacial score (nSPS) is 19.9. The number of hydrogen-bond acceptors (Lipinski definition) is 4. The molecule has 2 atom stereocenters. The first-order valence-electron chi connectivity index (χ1n) is 6.36. The van der Waals surface area contributed by atoms with Crippen LogP contribution in [-0.4, -0.2) is 48.8 Å². The molecule has 2 rings (SSSR count). The molecular weight excluding hydrogens is 284 g/mol. The van der Waals surface area contributed by atoms with Crippen LogP contribution in [0.25, 0.3) is 0 Å². The maximum absolute atomic E-state index is 12.7. The average Bonchev–Trinajstić information content (AvgIpc) is 2.81. The number of carbonyl (C=O) groups excluding carboxylic acids is 1. The zero-order valence-electron chi connectivity index (χ0n) is 11.4. The molecule has 1 aliphatic heterocycles. The third-order valence-corrected chi connectivity index (χ3v) is 3.40. The van der Waals surface area contributed by atoms with Gasteiger partial charge in [-0.15, -0.1) is 0 Å². The largest absolute Gasteiger partial charge is 0.506 e. The highest BCUT2D eigenvalue weighted by atomic mass is 19.3. The van der Waals surface area contributed by atoms with Gasteiger partial charge in [0, 0.05) is 13.7 Å². The van der Waals surface area contributed by atoms with Gasteiger partial charge in [0.2, 0.25) is 0 Å². The molecule has 6 nitrogen and oxygen atoms in total. The lowest BCUT2D eigenvalue weighted by molar-refractivity contribution is 0.0909. The van der Waals surface area contributed by atoms with Crippen molar-refractivity contribution in [3.8, 4) is 5.75 Å². The van der Waals surface area contributed by atoms with E-state index in [1.54, 1.807) is 6.07 Å². The zero-order chi connectivity index (χ0) is 15.6. The van der Waals surface area contributed by atoms with Gasteiger partial charge in [-0.1, -0.05) is 6.07 Å². The lowest BCUT2D eigenvalue weighted by Gasteiger charge is -2.27. The molecule has 116 valence electrons. The second-order valence-corrected chi connectivity index (χ2v) is 4.83. The van der Waals surface area contributed by atoms with Crippen molar-refractivity contribution >= 4 is 11.7 Å². The van der Waals surface area contributed by atoms with E-state index in [1.165, 1.54) is 24.1 Å². The number of alkyl halides is 2. The first-order chi connectivity index (χ1) is 9.93. The van der Waals surface area contributed by atoms with Crippen molar-refractivity contribution in [2.24, 2.45) is 0 Å². The van der Waals surface area contributed by atoms with Gasteiger partial charge >= 0.3 is 6.03 Å². The molecule has 4 N–H and O–H groups in total. The number of urea groups is 1. The van der Waals surface area contributed by atoms with Gasteiger partial charge in [-0.2, -0.15) is 0 Å². The zero-order valence-corrected chi connectivity index (χ0v) is 11.4. The van der Waals surface area contributed by atoms with Crippen molar-refractivity contribution in [3.63, 3.8) is 0 Å². The van der Waals surface area contributed by atoms with E-state index in [0.717, 1.165) is 0 Å². The first-order valence-corrected chi connectivity index (χ1v) is 6.36. The van der Waals surface area contributed by atoms with E-state index in [-0.39, 0.29) is 24.6 Å². The van der Waals surface area contributed by atoms with Crippen LogP contribution in [0.5, 0.6) is 5.75 Å². The molecule has 1 heterocycles. The fraction of sp³-hybridized carbons (Fsp3) is 0.462. The smallest absolute Gasteiger partial charge is 0.318 e. The highest BCUT2D eigenvalue weighted by Crippen LogP contribution is 2.30. The van der Waals surface area contributed by atoms with Crippen LogP contribution in [-0.2, 0) is 4.74 Å². The number of nitrogens with one attached hydrogen (secondary N) is 1. The highest BCUT2D eigenvalue weighted by Gasteiger charge is 2.38. The Kier molecular flexibility index (Phi) is 4.46. The van der Waals surface area contributed by atoms with Crippen LogP contribution in [0.1, 0.15) is 11.6 Å². The molecule has 1 saturated heterocycles. The SMILES string of the molecule is COCC(c1ccc(O)c(N)c1)N1C[C@@H](C(F)F)NC1=O. The van der Waals surface area contributed by atoms with E-state index >= 15 is 0 Å². The molecular formula is C13H17F2N3O3. The lowest BCUT2D eigenvalue weighted by Crippen LogP contribution is -2.34. The number of methoxy groups -OCH3 is 1. The van der Waals surface area contributed by atoms with Crippen LogP contribution in [0.4, 0.5) is 19.3 Å². The summed E-state index contributed by atoms with van der Waals surface area (Å²) in [6.07, 6.45) is -2.63. The number of hydrogen-bond donors (Lipinski definition) is 3. The van der Waals surface area contributed by atoms with E-state index in [0.29, 0.717) is 5.56 Å². The molecule has 1 aromatic rings. The second-order valence-electron chi connectivity index (χ2n) is 4.83. The fourth-order valence-electron chi connectivity index (χ4n) is 2.30. The minimum absolute atomic E-state index is 0.0775. The van der Waals surface area contributed by atoms with Crippen LogP contribution in [0, 0.1) is 0 Å². The number of nitrogens with zero attached hydrogens (tertiary/aromatic N) is 1. The Hall–Kier alpha value is -2.09. The van der Waals surface area contributed by atoms with Crippen LogP contribution in [0.15, 0.2) is 18.2 Å². The summed E-state index contributed by atoms with van der Waals surface area (Å²) in [4.78, 5) is 13.2. The summed E-state index contributed by atoms with van der Waals surface area (Å²) >= 11 is 0. The van der Waals surface area contributed by atoms with E-state index < -0.39 is 24.5 Å². The number of carbonyl (C=O) groups is 1. The first kappa shape index (κ1) is 15.3. The predicted molar refractivity (Wildman–Crippen MR) is 72.2 cm³/mol. The van der Waals surface area contributed by atoms with Gasteiger partial charge in [0.05, 0.1) is 18.3 Å². The summed E-state index contributed by atoms with van der Waals surface area (Å²) in [6.45, 7) is 0.0128. The van der Waals surface area contributed by atoms with Gasteiger partial charge < -0.3 is 25.8 Å². The third kappa shape index (κ3) is 3.15. The number of rotatable bonds is 5. The number of anilines is 1. The molecule has 1 fully saturated rings. The van der Waals surface area contributed by atoms with E-state index in [4.69, 9.17) is 10.5 Å². The molecule has 1 unspecified atom stereocenters. The Bertz CT molecular complexity index is 527. The number of halogens is 2. The Morgan fingerprint density at radius 2 is 2.29 bits per heavy atom. The molecule has 21 heavy (non-hydrogen) atoms. The number of benzene rings is 1. The summed E-state index contributed by atoms with van der Waals surface area (Å²) < 4.78 is 30.5. The summed E-state index contributed by atoms with van der Waals surface area (Å²) in [5, 5.41) is 11.7. The summed E-state index contributed by atoms with van der Waals surface area (Å²) in [6, 6.07) is 2.15. The van der Waals surface area contributed by atoms with Crippen molar-refractivity contribution in [1.29, 1.82) is 0 Å². The predicted octanol–water partition coefficient (Wildman–Crippen LogP) is 1.32. The highest BCUT2D eigenvalue weighted by molar-refractivity contribution is 5.77. The summed E-state index contributed by atoms with van der Waals surface area (Å²) in [5.74, 6) is -0.0775. The van der Waals surface area contributed by atoms with Gasteiger partial charge in [-0.3, -0.25) is 0 Å². The number of aromatic hydroxyl groups is 1. The number of nitrogens with two attached hydrogens (primary N) is 1. The van der Waals surface area contributed by atoms with Crippen molar-refractivity contribution in [2.45, 2.75) is 18.5 Å². The van der Waals surface area contributed by atoms with Gasteiger partial charge in [0.15, 0.2) is 0 Å². The summed E-state index contributed by atoms with van der Waals surface area (Å²) in [5.41, 5.74) is 6.39. The number of phenols is 1. The van der Waals surface area contributed by atoms with Crippen molar-refractivity contribution in [2.75, 3.05) is 26.0 Å². The third-order valence-electron chi connectivity index (χ3n) is 3.40. The lowest BCUT2D eigenvalue weighted by atomic mass is 10.0. The number of nitrogen functional groups attached to an aromatic ring is 1. The van der Waals surface area contributed by atoms with E-state index in [9.17, 15) is 18.7 Å². The number of phenolic OH excluding ortho intramolecular Hbond substituents is 1. The van der Waals surface area contributed by atoms with Gasteiger partial charge in [-0.05, 0) is 17.7 Å². The van der Waals surface area contributed by atoms with E-state index in [2.05, 4.69) is 5.32 Å². The van der Waals surface area contributed by atoms with Crippen LogP contribution in [0.3, 0.4) is 0 Å². The Morgan fingerprint density at radius 1 is 1.57 bits per heavy atom. The minimum Gasteiger partial charge on any atom is -0.506 e. The fourth-order valence-corrected chi connectivity index (χ4v) is 2.30. The molecule has 8 heteroatoms. The maximum atomic E-state index is 12.7. The minimum atomic E-state index is -2.63. The maximum Gasteiger partial charge on any atom is 0.318 e. The standard InChI is InChI=1S/C13H17F2N3O3/c1-21-6-10(7-2-3-11(19)8(16)4-7)18-5-9(12(14)15)17-13(18)20/h2-4,9-10,12,19H,5-6,16H2,1H3,(H,17,20)/t9-,10?/m0/s1. The van der Waals surface area contributed by atoms with Crippen molar-refractivity contribution < 1.29 is 23.4 Å². The van der Waals surface area contributed by atoms with Gasteiger partial charge in [0.25, 0.3) is 6.43 Å². The molecule has 1 aliphatic rings. The van der Waals surface area contributed by atoms with Crippen LogP contribution < -0.4 is 11.1 Å². The van der Waals surface area contributed by atoms with Crippen LogP contribution >= 0.6 is 0 Å². The number of ether oxygens (including phenoxy) is 1. The number of amides is 2. The molecule has 0 bridgehead atoms.